The van der Waals surface area contributed by atoms with E-state index in [1.807, 2.05) is 6.07 Å². The zero-order valence-corrected chi connectivity index (χ0v) is 7.63. The summed E-state index contributed by atoms with van der Waals surface area (Å²) in [4.78, 5) is 17.5. The molecule has 12 heavy (non-hydrogen) atoms. The molecular formula is C8H5BrN2O. The Kier molecular flexibility index (Phi) is 1.69. The van der Waals surface area contributed by atoms with Crippen molar-refractivity contribution in [1.29, 1.82) is 0 Å². The van der Waals surface area contributed by atoms with Gasteiger partial charge in [0, 0.05) is 5.56 Å². The number of carbonyl (C=O) groups is 1. The Labute approximate surface area is 76.9 Å². The first-order valence-corrected chi connectivity index (χ1v) is 4.19. The first kappa shape index (κ1) is 7.49. The van der Waals surface area contributed by atoms with Crippen molar-refractivity contribution in [2.45, 2.75) is 0 Å². The molecule has 0 spiro atoms. The third kappa shape index (κ3) is 1.14. The van der Waals surface area contributed by atoms with Gasteiger partial charge in [0.05, 0.1) is 11.0 Å². The van der Waals surface area contributed by atoms with Gasteiger partial charge >= 0.3 is 0 Å². The van der Waals surface area contributed by atoms with Gasteiger partial charge in [-0.15, -0.1) is 0 Å². The highest BCUT2D eigenvalue weighted by molar-refractivity contribution is 9.10. The Hall–Kier alpha value is -1.16. The topological polar surface area (TPSA) is 45.8 Å². The second-order valence-electron chi connectivity index (χ2n) is 2.42. The van der Waals surface area contributed by atoms with Crippen LogP contribution in [0.3, 0.4) is 0 Å². The molecule has 0 saturated heterocycles. The van der Waals surface area contributed by atoms with Crippen LogP contribution in [0.1, 0.15) is 10.4 Å². The lowest BCUT2D eigenvalue weighted by Gasteiger charge is -1.88. The monoisotopic (exact) mass is 224 g/mol. The average molecular weight is 225 g/mol. The highest BCUT2D eigenvalue weighted by Crippen LogP contribution is 2.15. The molecule has 0 aliphatic rings. The van der Waals surface area contributed by atoms with Crippen molar-refractivity contribution >= 4 is 33.2 Å². The van der Waals surface area contributed by atoms with Gasteiger partial charge in [-0.05, 0) is 34.1 Å². The van der Waals surface area contributed by atoms with Crippen molar-refractivity contribution in [2.75, 3.05) is 0 Å². The van der Waals surface area contributed by atoms with Gasteiger partial charge in [-0.2, -0.15) is 0 Å². The smallest absolute Gasteiger partial charge is 0.175 e. The summed E-state index contributed by atoms with van der Waals surface area (Å²) in [6.07, 6.45) is 0.808. The highest BCUT2D eigenvalue weighted by Gasteiger charge is 1.99. The number of imidazole rings is 1. The minimum Gasteiger partial charge on any atom is -0.332 e. The zero-order chi connectivity index (χ0) is 8.55. The first-order valence-electron chi connectivity index (χ1n) is 3.40. The van der Waals surface area contributed by atoms with Crippen LogP contribution in [0.2, 0.25) is 0 Å². The van der Waals surface area contributed by atoms with E-state index >= 15 is 0 Å². The van der Waals surface area contributed by atoms with Crippen molar-refractivity contribution in [1.82, 2.24) is 9.97 Å². The lowest BCUT2D eigenvalue weighted by Crippen LogP contribution is -1.77. The quantitative estimate of drug-likeness (QED) is 0.755. The van der Waals surface area contributed by atoms with Crippen LogP contribution in [0.25, 0.3) is 11.0 Å². The van der Waals surface area contributed by atoms with Crippen LogP contribution in [0.15, 0.2) is 22.9 Å². The van der Waals surface area contributed by atoms with Crippen LogP contribution in [-0.4, -0.2) is 16.3 Å². The van der Waals surface area contributed by atoms with Crippen molar-refractivity contribution in [3.05, 3.63) is 28.5 Å². The summed E-state index contributed by atoms with van der Waals surface area (Å²) < 4.78 is 0.681. The van der Waals surface area contributed by atoms with Gasteiger partial charge in [-0.3, -0.25) is 4.79 Å². The molecule has 0 saturated carbocycles. The highest BCUT2D eigenvalue weighted by atomic mass is 79.9. The van der Waals surface area contributed by atoms with Crippen LogP contribution in [0.5, 0.6) is 0 Å². The number of halogens is 1. The number of aromatic amines is 1. The number of nitrogens with zero attached hydrogens (tertiary/aromatic N) is 1. The number of benzene rings is 1. The Bertz CT molecular complexity index is 436. The summed E-state index contributed by atoms with van der Waals surface area (Å²) in [5.74, 6) is 0. The largest absolute Gasteiger partial charge is 0.332 e. The molecule has 4 heteroatoms. The molecule has 60 valence electrons. The number of H-pyrrole nitrogens is 1. The van der Waals surface area contributed by atoms with Crippen molar-refractivity contribution in [2.24, 2.45) is 0 Å². The maximum Gasteiger partial charge on any atom is 0.175 e. The summed E-state index contributed by atoms with van der Waals surface area (Å²) in [6, 6.07) is 5.32. The van der Waals surface area contributed by atoms with E-state index in [9.17, 15) is 4.79 Å². The molecule has 0 aliphatic carbocycles. The van der Waals surface area contributed by atoms with E-state index in [1.54, 1.807) is 12.1 Å². The zero-order valence-electron chi connectivity index (χ0n) is 6.04. The number of rotatable bonds is 1. The third-order valence-corrected chi connectivity index (χ3v) is 1.99. The Morgan fingerprint density at radius 1 is 1.50 bits per heavy atom. The molecular weight excluding hydrogens is 220 g/mol. The van der Waals surface area contributed by atoms with Crippen molar-refractivity contribution in [3.8, 4) is 0 Å². The van der Waals surface area contributed by atoms with Gasteiger partial charge < -0.3 is 4.98 Å². The van der Waals surface area contributed by atoms with Crippen LogP contribution < -0.4 is 0 Å². The molecule has 2 aromatic rings. The molecule has 0 aliphatic heterocycles. The van der Waals surface area contributed by atoms with Crippen LogP contribution in [-0.2, 0) is 0 Å². The molecule has 1 aromatic heterocycles. The third-order valence-electron chi connectivity index (χ3n) is 1.61. The van der Waals surface area contributed by atoms with E-state index < -0.39 is 0 Å². The van der Waals surface area contributed by atoms with E-state index in [4.69, 9.17) is 0 Å². The molecule has 1 aromatic carbocycles. The number of aldehydes is 1. The molecule has 2 rings (SSSR count). The predicted molar refractivity (Wildman–Crippen MR) is 49.2 cm³/mol. The van der Waals surface area contributed by atoms with Crippen LogP contribution in [0, 0.1) is 0 Å². The molecule has 0 radical (unpaired) electrons. The van der Waals surface area contributed by atoms with E-state index in [2.05, 4.69) is 25.9 Å². The summed E-state index contributed by atoms with van der Waals surface area (Å²) in [5.41, 5.74) is 2.36. The summed E-state index contributed by atoms with van der Waals surface area (Å²) in [6.45, 7) is 0. The fourth-order valence-electron chi connectivity index (χ4n) is 1.07. The number of fused-ring (bicyclic) bond motifs is 1. The van der Waals surface area contributed by atoms with Gasteiger partial charge in [0.25, 0.3) is 0 Å². The van der Waals surface area contributed by atoms with Crippen molar-refractivity contribution < 1.29 is 4.79 Å². The fraction of sp³-hybridized carbons (Fsp3) is 0. The number of carbonyl (C=O) groups excluding carboxylic acids is 1. The molecule has 1 N–H and O–H groups in total. The molecule has 0 bridgehead atoms. The number of nitrogens with one attached hydrogen (secondary N) is 1. The average Bonchev–Trinajstić information content (AvgIpc) is 2.43. The number of aromatic nitrogens is 2. The summed E-state index contributed by atoms with van der Waals surface area (Å²) in [7, 11) is 0. The van der Waals surface area contributed by atoms with E-state index in [0.717, 1.165) is 17.3 Å². The number of hydrogen-bond acceptors (Lipinski definition) is 2. The maximum absolute atomic E-state index is 10.4. The standard InChI is InChI=1S/C8H5BrN2O/c9-8-10-6-2-1-5(4-12)3-7(6)11-8/h1-4H,(H,10,11). The van der Waals surface area contributed by atoms with E-state index in [0.29, 0.717) is 10.3 Å². The Morgan fingerprint density at radius 2 is 2.33 bits per heavy atom. The second kappa shape index (κ2) is 2.71. The molecule has 0 unspecified atom stereocenters. The van der Waals surface area contributed by atoms with Gasteiger partial charge in [0.15, 0.2) is 4.73 Å². The second-order valence-corrected chi connectivity index (χ2v) is 3.17. The Balaban J connectivity index is 2.74. The predicted octanol–water partition coefficient (Wildman–Crippen LogP) is 2.14. The molecule has 0 fully saturated rings. The lowest BCUT2D eigenvalue weighted by atomic mass is 10.2. The molecule has 0 amide bonds. The lowest BCUT2D eigenvalue weighted by molar-refractivity contribution is 0.112. The van der Waals surface area contributed by atoms with Gasteiger partial charge in [-0.1, -0.05) is 0 Å². The summed E-state index contributed by atoms with van der Waals surface area (Å²) >= 11 is 3.22. The first-order chi connectivity index (χ1) is 5.79. The van der Waals surface area contributed by atoms with E-state index in [-0.39, 0.29) is 0 Å². The fourth-order valence-corrected chi connectivity index (χ4v) is 1.47. The molecule has 1 heterocycles. The maximum atomic E-state index is 10.4. The Morgan fingerprint density at radius 3 is 3.08 bits per heavy atom. The minimum absolute atomic E-state index is 0.640. The van der Waals surface area contributed by atoms with Crippen LogP contribution in [0.4, 0.5) is 0 Å². The van der Waals surface area contributed by atoms with Crippen LogP contribution >= 0.6 is 15.9 Å². The number of hydrogen-bond donors (Lipinski definition) is 1. The van der Waals surface area contributed by atoms with Gasteiger partial charge in [0.2, 0.25) is 0 Å². The van der Waals surface area contributed by atoms with E-state index in [1.165, 1.54) is 0 Å². The van der Waals surface area contributed by atoms with Gasteiger partial charge in [-0.25, -0.2) is 4.98 Å². The molecule has 3 nitrogen and oxygen atoms in total. The van der Waals surface area contributed by atoms with Gasteiger partial charge in [0.1, 0.15) is 6.29 Å². The SMILES string of the molecule is O=Cc1ccc2[nH]c(Br)nc2c1. The normalized spacial score (nSPS) is 10.4. The molecule has 0 atom stereocenters. The summed E-state index contributed by atoms with van der Waals surface area (Å²) in [5, 5.41) is 0. The van der Waals surface area contributed by atoms with Crippen molar-refractivity contribution in [3.63, 3.8) is 0 Å². The minimum atomic E-state index is 0.640.